The maximum Gasteiger partial charge on any atom is 0.320 e. The fraction of sp³-hybridized carbons (Fsp3) is 0.476. The number of benzene rings is 1. The van der Waals surface area contributed by atoms with Crippen molar-refractivity contribution >= 4 is 17.0 Å². The lowest BCUT2D eigenvalue weighted by molar-refractivity contribution is 0.141. The number of imidazole rings is 1. The van der Waals surface area contributed by atoms with Crippen LogP contribution in [-0.2, 0) is 17.8 Å². The quantitative estimate of drug-likeness (QED) is 0.533. The van der Waals surface area contributed by atoms with Gasteiger partial charge >= 0.3 is 6.01 Å². The van der Waals surface area contributed by atoms with Crippen LogP contribution < -0.4 is 15.2 Å². The third kappa shape index (κ3) is 4.47. The predicted molar refractivity (Wildman–Crippen MR) is 114 cm³/mol. The van der Waals surface area contributed by atoms with Gasteiger partial charge in [-0.1, -0.05) is 24.3 Å². The number of ether oxygens (including phenoxy) is 3. The SMILES string of the molecule is COCCOc1nc(N)c2nc(OC)n(Cc3cccc(CN4CCCC4)c3)c2n1. The maximum atomic E-state index is 6.11. The van der Waals surface area contributed by atoms with Gasteiger partial charge in [0.05, 0.1) is 20.3 Å². The smallest absolute Gasteiger partial charge is 0.320 e. The van der Waals surface area contributed by atoms with Crippen molar-refractivity contribution in [3.8, 4) is 12.0 Å². The van der Waals surface area contributed by atoms with Crippen molar-refractivity contribution < 1.29 is 14.2 Å². The number of hydrogen-bond donors (Lipinski definition) is 1. The number of nitrogens with two attached hydrogens (primary N) is 1. The van der Waals surface area contributed by atoms with Gasteiger partial charge in [-0.2, -0.15) is 15.0 Å². The lowest BCUT2D eigenvalue weighted by Gasteiger charge is -2.15. The second-order valence-corrected chi connectivity index (χ2v) is 7.39. The number of fused-ring (bicyclic) bond motifs is 1. The highest BCUT2D eigenvalue weighted by molar-refractivity contribution is 5.83. The van der Waals surface area contributed by atoms with E-state index in [0.29, 0.717) is 36.9 Å². The molecule has 0 amide bonds. The highest BCUT2D eigenvalue weighted by Gasteiger charge is 2.19. The first-order valence-corrected chi connectivity index (χ1v) is 10.2. The van der Waals surface area contributed by atoms with E-state index < -0.39 is 0 Å². The summed E-state index contributed by atoms with van der Waals surface area (Å²) >= 11 is 0. The second-order valence-electron chi connectivity index (χ2n) is 7.39. The van der Waals surface area contributed by atoms with E-state index in [9.17, 15) is 0 Å². The molecule has 1 saturated heterocycles. The fourth-order valence-corrected chi connectivity index (χ4v) is 3.77. The zero-order valence-electron chi connectivity index (χ0n) is 17.5. The summed E-state index contributed by atoms with van der Waals surface area (Å²) in [7, 11) is 3.20. The highest BCUT2D eigenvalue weighted by Crippen LogP contribution is 2.26. The van der Waals surface area contributed by atoms with Crippen LogP contribution in [-0.4, -0.2) is 64.9 Å². The second kappa shape index (κ2) is 9.27. The zero-order chi connectivity index (χ0) is 20.9. The minimum absolute atomic E-state index is 0.198. The Morgan fingerprint density at radius 1 is 1.00 bits per heavy atom. The molecule has 0 atom stereocenters. The lowest BCUT2D eigenvalue weighted by Crippen LogP contribution is -2.18. The molecule has 3 heterocycles. The van der Waals surface area contributed by atoms with Gasteiger partial charge in [0.15, 0.2) is 17.0 Å². The topological polar surface area (TPSA) is 101 Å². The molecule has 0 aliphatic carbocycles. The molecule has 0 unspecified atom stereocenters. The third-order valence-electron chi connectivity index (χ3n) is 5.20. The van der Waals surface area contributed by atoms with E-state index in [1.807, 2.05) is 4.57 Å². The number of anilines is 1. The number of nitrogens with zero attached hydrogens (tertiary/aromatic N) is 5. The average molecular weight is 412 g/mol. The van der Waals surface area contributed by atoms with Gasteiger partial charge in [0.1, 0.15) is 6.61 Å². The van der Waals surface area contributed by atoms with Crippen molar-refractivity contribution in [1.82, 2.24) is 24.4 Å². The van der Waals surface area contributed by atoms with E-state index in [4.69, 9.17) is 19.9 Å². The number of aromatic nitrogens is 4. The number of methoxy groups -OCH3 is 2. The molecule has 3 aromatic rings. The minimum Gasteiger partial charge on any atom is -0.468 e. The Hall–Kier alpha value is -2.91. The standard InChI is InChI=1S/C21H28N6O3/c1-28-10-11-30-20-24-18(22)17-19(25-20)27(21(23-17)29-2)14-16-7-5-6-15(12-16)13-26-8-3-4-9-26/h5-7,12H,3-4,8-11,13-14H2,1-2H3,(H2,22,24,25). The van der Waals surface area contributed by atoms with Gasteiger partial charge in [-0.3, -0.25) is 9.47 Å². The number of hydrogen-bond acceptors (Lipinski definition) is 8. The van der Waals surface area contributed by atoms with Crippen LogP contribution in [0.25, 0.3) is 11.2 Å². The largest absolute Gasteiger partial charge is 0.468 e. The van der Waals surface area contributed by atoms with E-state index >= 15 is 0 Å². The number of likely N-dealkylation sites (tertiary alicyclic amines) is 1. The molecular weight excluding hydrogens is 384 g/mol. The summed E-state index contributed by atoms with van der Waals surface area (Å²) in [5.74, 6) is 0.257. The summed E-state index contributed by atoms with van der Waals surface area (Å²) in [6.07, 6.45) is 2.57. The summed E-state index contributed by atoms with van der Waals surface area (Å²) in [4.78, 5) is 15.7. The van der Waals surface area contributed by atoms with Crippen molar-refractivity contribution in [2.24, 2.45) is 0 Å². The summed E-state index contributed by atoms with van der Waals surface area (Å²) in [5.41, 5.74) is 9.63. The van der Waals surface area contributed by atoms with Crippen LogP contribution in [0.3, 0.4) is 0 Å². The van der Waals surface area contributed by atoms with Crippen molar-refractivity contribution in [3.63, 3.8) is 0 Å². The maximum absolute atomic E-state index is 6.11. The van der Waals surface area contributed by atoms with E-state index in [0.717, 1.165) is 12.1 Å². The first kappa shape index (κ1) is 20.4. The molecule has 9 nitrogen and oxygen atoms in total. The van der Waals surface area contributed by atoms with Crippen molar-refractivity contribution in [3.05, 3.63) is 35.4 Å². The van der Waals surface area contributed by atoms with Crippen LogP contribution in [0, 0.1) is 0 Å². The molecule has 0 radical (unpaired) electrons. The van der Waals surface area contributed by atoms with Gasteiger partial charge in [0, 0.05) is 13.7 Å². The van der Waals surface area contributed by atoms with E-state index in [1.54, 1.807) is 14.2 Å². The first-order chi connectivity index (χ1) is 14.7. The highest BCUT2D eigenvalue weighted by atomic mass is 16.5. The Bertz CT molecular complexity index is 1000. The van der Waals surface area contributed by atoms with E-state index in [-0.39, 0.29) is 11.8 Å². The Balaban J connectivity index is 1.62. The molecular formula is C21H28N6O3. The predicted octanol–water partition coefficient (Wildman–Crippen LogP) is 2.09. The Morgan fingerprint density at radius 3 is 2.50 bits per heavy atom. The van der Waals surface area contributed by atoms with Gasteiger partial charge < -0.3 is 19.9 Å². The summed E-state index contributed by atoms with van der Waals surface area (Å²) in [6.45, 7) is 4.65. The minimum atomic E-state index is 0.198. The molecule has 1 aliphatic heterocycles. The van der Waals surface area contributed by atoms with Gasteiger partial charge in [0.25, 0.3) is 6.01 Å². The van der Waals surface area contributed by atoms with Gasteiger partial charge in [-0.15, -0.1) is 0 Å². The molecule has 160 valence electrons. The van der Waals surface area contributed by atoms with Crippen molar-refractivity contribution in [2.75, 3.05) is 46.3 Å². The van der Waals surface area contributed by atoms with Crippen LogP contribution in [0.5, 0.6) is 12.0 Å². The lowest BCUT2D eigenvalue weighted by atomic mass is 10.1. The molecule has 0 bridgehead atoms. The van der Waals surface area contributed by atoms with Crippen LogP contribution in [0.2, 0.25) is 0 Å². The molecule has 0 spiro atoms. The summed E-state index contributed by atoms with van der Waals surface area (Å²) in [6, 6.07) is 9.22. The van der Waals surface area contributed by atoms with Gasteiger partial charge in [-0.25, -0.2) is 0 Å². The average Bonchev–Trinajstić information content (AvgIpc) is 3.37. The Morgan fingerprint density at radius 2 is 1.77 bits per heavy atom. The van der Waals surface area contributed by atoms with Gasteiger partial charge in [-0.05, 0) is 37.1 Å². The molecule has 2 aromatic heterocycles. The van der Waals surface area contributed by atoms with Gasteiger partial charge in [0.2, 0.25) is 0 Å². The fourth-order valence-electron chi connectivity index (χ4n) is 3.77. The zero-order valence-corrected chi connectivity index (χ0v) is 17.5. The van der Waals surface area contributed by atoms with Crippen LogP contribution in [0.4, 0.5) is 5.82 Å². The summed E-state index contributed by atoms with van der Waals surface area (Å²) < 4.78 is 18.0. The van der Waals surface area contributed by atoms with E-state index in [1.165, 1.54) is 31.5 Å². The molecule has 1 aliphatic rings. The molecule has 9 heteroatoms. The van der Waals surface area contributed by atoms with Crippen LogP contribution in [0.1, 0.15) is 24.0 Å². The number of rotatable bonds is 9. The first-order valence-electron chi connectivity index (χ1n) is 10.2. The Kier molecular flexibility index (Phi) is 6.29. The molecule has 1 aromatic carbocycles. The monoisotopic (exact) mass is 412 g/mol. The van der Waals surface area contributed by atoms with E-state index in [2.05, 4.69) is 44.1 Å². The molecule has 4 rings (SSSR count). The summed E-state index contributed by atoms with van der Waals surface area (Å²) in [5, 5.41) is 0. The third-order valence-corrected chi connectivity index (χ3v) is 5.20. The van der Waals surface area contributed by atoms with Crippen LogP contribution in [0.15, 0.2) is 24.3 Å². The Labute approximate surface area is 175 Å². The molecule has 30 heavy (non-hydrogen) atoms. The normalized spacial score (nSPS) is 14.5. The molecule has 2 N–H and O–H groups in total. The van der Waals surface area contributed by atoms with Crippen molar-refractivity contribution in [1.29, 1.82) is 0 Å². The molecule has 0 saturated carbocycles. The number of nitrogen functional groups attached to an aromatic ring is 1. The van der Waals surface area contributed by atoms with Crippen molar-refractivity contribution in [2.45, 2.75) is 25.9 Å². The molecule has 1 fully saturated rings. The van der Waals surface area contributed by atoms with Crippen LogP contribution >= 0.6 is 0 Å².